The van der Waals surface area contributed by atoms with Crippen molar-refractivity contribution in [3.63, 3.8) is 0 Å². The number of aryl methyl sites for hydroxylation is 3. The zero-order valence-electron chi connectivity index (χ0n) is 11.9. The van der Waals surface area contributed by atoms with E-state index in [2.05, 4.69) is 56.4 Å². The van der Waals surface area contributed by atoms with Crippen molar-refractivity contribution in [3.05, 3.63) is 59.2 Å². The van der Waals surface area contributed by atoms with Gasteiger partial charge in [-0.3, -0.25) is 0 Å². The minimum atomic E-state index is 0.663. The molecule has 0 spiro atoms. The average molecular weight is 255 g/mol. The third kappa shape index (κ3) is 4.32. The number of nitrogens with one attached hydrogen (secondary N) is 1. The molecule has 2 nitrogen and oxygen atoms in total. The summed E-state index contributed by atoms with van der Waals surface area (Å²) in [6.45, 7) is 7.76. The first-order chi connectivity index (χ1) is 9.13. The molecule has 2 aromatic rings. The van der Waals surface area contributed by atoms with Crippen molar-refractivity contribution in [1.82, 2.24) is 0 Å². The van der Waals surface area contributed by atoms with Crippen LogP contribution in [0.4, 0.5) is 5.69 Å². The fourth-order valence-corrected chi connectivity index (χ4v) is 2.15. The number of hydrogen-bond acceptors (Lipinski definition) is 2. The molecule has 2 heteroatoms. The second-order valence-corrected chi connectivity index (χ2v) is 4.97. The highest BCUT2D eigenvalue weighted by Gasteiger charge is 1.96. The molecule has 0 aliphatic carbocycles. The van der Waals surface area contributed by atoms with E-state index in [1.807, 2.05) is 12.1 Å². The van der Waals surface area contributed by atoms with Crippen LogP contribution in [0, 0.1) is 20.8 Å². The Balaban J connectivity index is 1.80. The van der Waals surface area contributed by atoms with Gasteiger partial charge < -0.3 is 10.1 Å². The van der Waals surface area contributed by atoms with Gasteiger partial charge in [0.1, 0.15) is 12.4 Å². The summed E-state index contributed by atoms with van der Waals surface area (Å²) in [7, 11) is 0. The Morgan fingerprint density at radius 3 is 2.32 bits per heavy atom. The van der Waals surface area contributed by atoms with E-state index < -0.39 is 0 Å². The highest BCUT2D eigenvalue weighted by Crippen LogP contribution is 2.14. The van der Waals surface area contributed by atoms with Crippen LogP contribution in [0.25, 0.3) is 0 Å². The van der Waals surface area contributed by atoms with Crippen molar-refractivity contribution < 1.29 is 4.74 Å². The lowest BCUT2D eigenvalue weighted by molar-refractivity contribution is 0.332. The lowest BCUT2D eigenvalue weighted by Gasteiger charge is -2.10. The van der Waals surface area contributed by atoms with Crippen LogP contribution >= 0.6 is 0 Å². The molecule has 0 atom stereocenters. The summed E-state index contributed by atoms with van der Waals surface area (Å²) in [6, 6.07) is 14.6. The molecule has 0 aromatic heterocycles. The van der Waals surface area contributed by atoms with E-state index in [1.165, 1.54) is 16.7 Å². The second-order valence-electron chi connectivity index (χ2n) is 4.97. The maximum absolute atomic E-state index is 5.71. The summed E-state index contributed by atoms with van der Waals surface area (Å²) in [6.07, 6.45) is 0. The monoisotopic (exact) mass is 255 g/mol. The number of ether oxygens (including phenoxy) is 1. The molecule has 0 saturated carbocycles. The van der Waals surface area contributed by atoms with Crippen LogP contribution in [0.3, 0.4) is 0 Å². The standard InChI is InChI=1S/C17H21NO/c1-13-5-4-6-17(12-13)19-8-7-18-16-10-14(2)9-15(3)11-16/h4-6,9-12,18H,7-8H2,1-3H3. The van der Waals surface area contributed by atoms with Crippen molar-refractivity contribution in [3.8, 4) is 5.75 Å². The predicted octanol–water partition coefficient (Wildman–Crippen LogP) is 4.10. The minimum absolute atomic E-state index is 0.663. The summed E-state index contributed by atoms with van der Waals surface area (Å²) >= 11 is 0. The molecule has 0 fully saturated rings. The number of rotatable bonds is 5. The predicted molar refractivity (Wildman–Crippen MR) is 81.1 cm³/mol. The van der Waals surface area contributed by atoms with Crippen molar-refractivity contribution in [2.45, 2.75) is 20.8 Å². The Bertz CT molecular complexity index is 528. The number of hydrogen-bond donors (Lipinski definition) is 1. The summed E-state index contributed by atoms with van der Waals surface area (Å²) in [4.78, 5) is 0. The lowest BCUT2D eigenvalue weighted by Crippen LogP contribution is -2.11. The molecule has 0 bridgehead atoms. The Hall–Kier alpha value is -1.96. The van der Waals surface area contributed by atoms with E-state index in [1.54, 1.807) is 0 Å². The largest absolute Gasteiger partial charge is 0.492 e. The Morgan fingerprint density at radius 2 is 1.63 bits per heavy atom. The summed E-state index contributed by atoms with van der Waals surface area (Å²) in [5.74, 6) is 0.933. The summed E-state index contributed by atoms with van der Waals surface area (Å²) < 4.78 is 5.71. The molecule has 0 radical (unpaired) electrons. The second kappa shape index (κ2) is 6.28. The smallest absolute Gasteiger partial charge is 0.119 e. The van der Waals surface area contributed by atoms with E-state index in [4.69, 9.17) is 4.74 Å². The maximum Gasteiger partial charge on any atom is 0.119 e. The first-order valence-electron chi connectivity index (χ1n) is 6.65. The van der Waals surface area contributed by atoms with Crippen LogP contribution in [-0.2, 0) is 0 Å². The fourth-order valence-electron chi connectivity index (χ4n) is 2.15. The summed E-state index contributed by atoms with van der Waals surface area (Å²) in [5, 5.41) is 3.39. The molecule has 2 rings (SSSR count). The number of anilines is 1. The zero-order chi connectivity index (χ0) is 13.7. The molecule has 0 amide bonds. The van der Waals surface area contributed by atoms with Crippen LogP contribution in [0.5, 0.6) is 5.75 Å². The van der Waals surface area contributed by atoms with E-state index in [0.29, 0.717) is 6.61 Å². The van der Waals surface area contributed by atoms with Crippen LogP contribution in [0.1, 0.15) is 16.7 Å². The van der Waals surface area contributed by atoms with Gasteiger partial charge in [-0.2, -0.15) is 0 Å². The van der Waals surface area contributed by atoms with Gasteiger partial charge >= 0.3 is 0 Å². The molecule has 19 heavy (non-hydrogen) atoms. The first kappa shape index (κ1) is 13.5. The average Bonchev–Trinajstić information content (AvgIpc) is 2.34. The van der Waals surface area contributed by atoms with Crippen LogP contribution < -0.4 is 10.1 Å². The molecule has 0 saturated heterocycles. The molecule has 0 heterocycles. The van der Waals surface area contributed by atoms with Crippen molar-refractivity contribution in [2.24, 2.45) is 0 Å². The SMILES string of the molecule is Cc1cc(C)cc(NCCOc2cccc(C)c2)c1. The van der Waals surface area contributed by atoms with Crippen LogP contribution in [0.15, 0.2) is 42.5 Å². The highest BCUT2D eigenvalue weighted by atomic mass is 16.5. The van der Waals surface area contributed by atoms with Crippen molar-refractivity contribution in [1.29, 1.82) is 0 Å². The lowest BCUT2D eigenvalue weighted by atomic mass is 10.1. The normalized spacial score (nSPS) is 10.3. The third-order valence-corrected chi connectivity index (χ3v) is 2.91. The minimum Gasteiger partial charge on any atom is -0.492 e. The molecule has 0 aliphatic rings. The number of benzene rings is 2. The fraction of sp³-hybridized carbons (Fsp3) is 0.294. The van der Waals surface area contributed by atoms with E-state index in [0.717, 1.165) is 18.0 Å². The zero-order valence-corrected chi connectivity index (χ0v) is 11.9. The summed E-state index contributed by atoms with van der Waals surface area (Å²) in [5.41, 5.74) is 4.94. The molecule has 0 aliphatic heterocycles. The van der Waals surface area contributed by atoms with E-state index in [-0.39, 0.29) is 0 Å². The van der Waals surface area contributed by atoms with Crippen LogP contribution in [0.2, 0.25) is 0 Å². The van der Waals surface area contributed by atoms with Crippen molar-refractivity contribution >= 4 is 5.69 Å². The van der Waals surface area contributed by atoms with Gasteiger partial charge in [0, 0.05) is 12.2 Å². The molecule has 2 aromatic carbocycles. The molecule has 0 unspecified atom stereocenters. The molecular formula is C17H21NO. The van der Waals surface area contributed by atoms with Gasteiger partial charge in [-0.15, -0.1) is 0 Å². The molecule has 1 N–H and O–H groups in total. The van der Waals surface area contributed by atoms with Gasteiger partial charge in [-0.05, 0) is 61.7 Å². The Labute approximate surface area is 115 Å². The van der Waals surface area contributed by atoms with Crippen molar-refractivity contribution in [2.75, 3.05) is 18.5 Å². The first-order valence-corrected chi connectivity index (χ1v) is 6.65. The molecular weight excluding hydrogens is 234 g/mol. The van der Waals surface area contributed by atoms with Gasteiger partial charge in [0.05, 0.1) is 0 Å². The quantitative estimate of drug-likeness (QED) is 0.812. The third-order valence-electron chi connectivity index (χ3n) is 2.91. The van der Waals surface area contributed by atoms with Gasteiger partial charge in [0.2, 0.25) is 0 Å². The van der Waals surface area contributed by atoms with Gasteiger partial charge in [0.25, 0.3) is 0 Å². The maximum atomic E-state index is 5.71. The van der Waals surface area contributed by atoms with Gasteiger partial charge in [-0.1, -0.05) is 18.2 Å². The molecule has 100 valence electrons. The Kier molecular flexibility index (Phi) is 4.45. The van der Waals surface area contributed by atoms with E-state index in [9.17, 15) is 0 Å². The highest BCUT2D eigenvalue weighted by molar-refractivity contribution is 5.48. The van der Waals surface area contributed by atoms with Gasteiger partial charge in [0.15, 0.2) is 0 Å². The van der Waals surface area contributed by atoms with Gasteiger partial charge in [-0.25, -0.2) is 0 Å². The van der Waals surface area contributed by atoms with E-state index >= 15 is 0 Å². The van der Waals surface area contributed by atoms with Crippen LogP contribution in [-0.4, -0.2) is 13.2 Å². The topological polar surface area (TPSA) is 21.3 Å². The Morgan fingerprint density at radius 1 is 0.895 bits per heavy atom.